The van der Waals surface area contributed by atoms with Gasteiger partial charge in [0, 0.05) is 47.0 Å². The van der Waals surface area contributed by atoms with E-state index < -0.39 is 16.1 Å². The number of fused-ring (bicyclic) bond motifs is 1. The Morgan fingerprint density at radius 2 is 1.82 bits per heavy atom. The van der Waals surface area contributed by atoms with Crippen LogP contribution >= 0.6 is 15.9 Å². The second-order valence-corrected chi connectivity index (χ2v) is 10.5. The number of benzene rings is 2. The first kappa shape index (κ1) is 23.2. The Labute approximate surface area is 200 Å². The molecule has 0 fully saturated rings. The Kier molecular flexibility index (Phi) is 6.38. The maximum atomic E-state index is 13.3. The lowest BCUT2D eigenvalue weighted by Crippen LogP contribution is -2.32. The van der Waals surface area contributed by atoms with Crippen LogP contribution in [0.1, 0.15) is 17.3 Å². The summed E-state index contributed by atoms with van der Waals surface area (Å²) in [5.74, 6) is -0.207. The van der Waals surface area contributed by atoms with Crippen LogP contribution in [0, 0.1) is 0 Å². The number of likely N-dealkylation sites (N-methyl/N-ethyl adjacent to an activating group) is 1. The minimum atomic E-state index is -3.86. The topological polar surface area (TPSA) is 92.5 Å². The van der Waals surface area contributed by atoms with Gasteiger partial charge in [0.15, 0.2) is 5.65 Å². The van der Waals surface area contributed by atoms with Crippen molar-refractivity contribution in [1.29, 1.82) is 0 Å². The van der Waals surface area contributed by atoms with Crippen molar-refractivity contribution in [2.75, 3.05) is 13.6 Å². The zero-order valence-corrected chi connectivity index (χ0v) is 20.4. The van der Waals surface area contributed by atoms with E-state index in [9.17, 15) is 18.3 Å². The second-order valence-electron chi connectivity index (χ2n) is 7.79. The number of aliphatic hydroxyl groups excluding tert-OH is 1. The minimum absolute atomic E-state index is 0.167. The van der Waals surface area contributed by atoms with Gasteiger partial charge in [0.05, 0.1) is 11.0 Å². The van der Waals surface area contributed by atoms with E-state index in [1.54, 1.807) is 81.0 Å². The average Bonchev–Trinajstić information content (AvgIpc) is 3.18. The van der Waals surface area contributed by atoms with Crippen molar-refractivity contribution in [2.24, 2.45) is 0 Å². The van der Waals surface area contributed by atoms with Gasteiger partial charge < -0.3 is 10.0 Å². The van der Waals surface area contributed by atoms with Gasteiger partial charge in [0.2, 0.25) is 0 Å². The predicted molar refractivity (Wildman–Crippen MR) is 131 cm³/mol. The molecule has 0 spiro atoms. The van der Waals surface area contributed by atoms with E-state index in [2.05, 4.69) is 20.9 Å². The summed E-state index contributed by atoms with van der Waals surface area (Å²) in [7, 11) is -2.22. The summed E-state index contributed by atoms with van der Waals surface area (Å²) in [5.41, 5.74) is 2.21. The normalized spacial score (nSPS) is 12.6. The van der Waals surface area contributed by atoms with Crippen molar-refractivity contribution in [3.63, 3.8) is 0 Å². The Bertz CT molecular complexity index is 1420. The molecule has 2 aromatic heterocycles. The largest absolute Gasteiger partial charge is 0.392 e. The summed E-state index contributed by atoms with van der Waals surface area (Å²) >= 11 is 3.42. The number of amides is 1. The Morgan fingerprint density at radius 3 is 2.45 bits per heavy atom. The highest BCUT2D eigenvalue weighted by molar-refractivity contribution is 9.10. The van der Waals surface area contributed by atoms with Crippen molar-refractivity contribution in [3.8, 4) is 11.1 Å². The molecule has 33 heavy (non-hydrogen) atoms. The fourth-order valence-electron chi connectivity index (χ4n) is 3.67. The Morgan fingerprint density at radius 1 is 1.15 bits per heavy atom. The van der Waals surface area contributed by atoms with Gasteiger partial charge >= 0.3 is 0 Å². The number of carbonyl (C=O) groups is 1. The SMILES string of the molecule is C[C@@H](O)CN(C)C(=O)c1ccc(-c2cn(S(=O)(=O)c3ccccc3)c3ncc(Br)cc23)cc1. The highest BCUT2D eigenvalue weighted by Crippen LogP contribution is 2.33. The molecule has 0 aliphatic rings. The molecule has 0 saturated carbocycles. The molecule has 0 radical (unpaired) electrons. The van der Waals surface area contributed by atoms with Crippen LogP contribution < -0.4 is 0 Å². The fraction of sp³-hybridized carbons (Fsp3) is 0.167. The predicted octanol–water partition coefficient (Wildman–Crippen LogP) is 4.16. The summed E-state index contributed by atoms with van der Waals surface area (Å²) in [4.78, 5) is 18.6. The zero-order chi connectivity index (χ0) is 23.8. The van der Waals surface area contributed by atoms with Gasteiger partial charge in [-0.2, -0.15) is 0 Å². The quantitative estimate of drug-likeness (QED) is 0.406. The van der Waals surface area contributed by atoms with Gasteiger partial charge in [0.25, 0.3) is 15.9 Å². The molecular weight excluding hydrogens is 506 g/mol. The van der Waals surface area contributed by atoms with Crippen molar-refractivity contribution < 1.29 is 18.3 Å². The smallest absolute Gasteiger partial charge is 0.269 e. The van der Waals surface area contributed by atoms with E-state index >= 15 is 0 Å². The number of hydrogen-bond donors (Lipinski definition) is 1. The van der Waals surface area contributed by atoms with Gasteiger partial charge in [0.1, 0.15) is 0 Å². The van der Waals surface area contributed by atoms with Gasteiger partial charge in [-0.15, -0.1) is 0 Å². The third kappa shape index (κ3) is 4.57. The van der Waals surface area contributed by atoms with Gasteiger partial charge in [-0.1, -0.05) is 30.3 Å². The number of aromatic nitrogens is 2. The molecule has 170 valence electrons. The van der Waals surface area contributed by atoms with E-state index in [1.165, 1.54) is 8.87 Å². The van der Waals surface area contributed by atoms with Crippen LogP contribution in [-0.2, 0) is 10.0 Å². The second kappa shape index (κ2) is 9.09. The van der Waals surface area contributed by atoms with Crippen molar-refractivity contribution in [3.05, 3.63) is 83.1 Å². The maximum absolute atomic E-state index is 13.3. The molecule has 0 aliphatic heterocycles. The van der Waals surface area contributed by atoms with Crippen molar-refractivity contribution >= 4 is 42.9 Å². The molecule has 9 heteroatoms. The van der Waals surface area contributed by atoms with Crippen LogP contribution in [0.4, 0.5) is 0 Å². The number of carbonyl (C=O) groups excluding carboxylic acids is 1. The number of aliphatic hydroxyl groups is 1. The highest BCUT2D eigenvalue weighted by atomic mass is 79.9. The lowest BCUT2D eigenvalue weighted by molar-refractivity contribution is 0.0703. The number of rotatable bonds is 6. The summed E-state index contributed by atoms with van der Waals surface area (Å²) in [6.07, 6.45) is 2.49. The lowest BCUT2D eigenvalue weighted by atomic mass is 10.0. The zero-order valence-electron chi connectivity index (χ0n) is 18.0. The third-order valence-corrected chi connectivity index (χ3v) is 7.30. The average molecular weight is 528 g/mol. The Hall–Kier alpha value is -3.01. The number of nitrogens with zero attached hydrogens (tertiary/aromatic N) is 3. The molecule has 0 aliphatic carbocycles. The Balaban J connectivity index is 1.79. The number of halogens is 1. The molecule has 1 amide bonds. The first-order valence-electron chi connectivity index (χ1n) is 10.2. The van der Waals surface area contributed by atoms with Crippen molar-refractivity contribution in [2.45, 2.75) is 17.9 Å². The molecule has 0 unspecified atom stereocenters. The molecule has 1 N–H and O–H groups in total. The molecule has 0 bridgehead atoms. The van der Waals surface area contributed by atoms with Gasteiger partial charge in [-0.25, -0.2) is 17.4 Å². The third-order valence-electron chi connectivity index (χ3n) is 5.21. The van der Waals surface area contributed by atoms with Crippen LogP contribution in [0.25, 0.3) is 22.2 Å². The van der Waals surface area contributed by atoms with E-state index in [4.69, 9.17) is 0 Å². The van der Waals surface area contributed by atoms with E-state index in [1.807, 2.05) is 6.07 Å². The van der Waals surface area contributed by atoms with E-state index in [0.29, 0.717) is 22.2 Å². The lowest BCUT2D eigenvalue weighted by Gasteiger charge is -2.18. The molecular formula is C24H22BrN3O4S. The number of pyridine rings is 1. The van der Waals surface area contributed by atoms with Gasteiger partial charge in [-0.3, -0.25) is 4.79 Å². The minimum Gasteiger partial charge on any atom is -0.392 e. The first-order valence-corrected chi connectivity index (χ1v) is 12.4. The molecule has 4 aromatic rings. The van der Waals surface area contributed by atoms with E-state index in [-0.39, 0.29) is 17.3 Å². The van der Waals surface area contributed by atoms with Gasteiger partial charge in [-0.05, 0) is 58.7 Å². The molecule has 7 nitrogen and oxygen atoms in total. The molecule has 0 saturated heterocycles. The van der Waals surface area contributed by atoms with Crippen LogP contribution in [0.15, 0.2) is 82.4 Å². The van der Waals surface area contributed by atoms with Crippen LogP contribution in [-0.4, -0.2) is 53.0 Å². The standard InChI is InChI=1S/C24H22BrN3O4S/c1-16(29)14-27(2)24(30)18-10-8-17(9-11-18)22-15-28(23-21(22)12-19(25)13-26-23)33(31,32)20-6-4-3-5-7-20/h3-13,15-16,29H,14H2,1-2H3/t16-/m1/s1. The van der Waals surface area contributed by atoms with Crippen LogP contribution in [0.2, 0.25) is 0 Å². The monoisotopic (exact) mass is 527 g/mol. The van der Waals surface area contributed by atoms with Crippen LogP contribution in [0.5, 0.6) is 0 Å². The maximum Gasteiger partial charge on any atom is 0.269 e. The molecule has 4 rings (SSSR count). The first-order chi connectivity index (χ1) is 15.7. The van der Waals surface area contributed by atoms with E-state index in [0.717, 1.165) is 10.0 Å². The molecule has 2 heterocycles. The van der Waals surface area contributed by atoms with Crippen LogP contribution in [0.3, 0.4) is 0 Å². The summed E-state index contributed by atoms with van der Waals surface area (Å²) < 4.78 is 28.6. The fourth-order valence-corrected chi connectivity index (χ4v) is 5.34. The summed E-state index contributed by atoms with van der Waals surface area (Å²) in [5, 5.41) is 10.2. The number of hydrogen-bond acceptors (Lipinski definition) is 5. The summed E-state index contributed by atoms with van der Waals surface area (Å²) in [6.45, 7) is 1.85. The van der Waals surface area contributed by atoms with Crippen molar-refractivity contribution in [1.82, 2.24) is 13.9 Å². The molecule has 2 aromatic carbocycles. The summed E-state index contributed by atoms with van der Waals surface area (Å²) in [6, 6.07) is 17.0. The molecule has 1 atom stereocenters. The highest BCUT2D eigenvalue weighted by Gasteiger charge is 2.23.